The van der Waals surface area contributed by atoms with Gasteiger partial charge in [-0.05, 0) is 22.0 Å². The molecule has 1 rings (SSSR count). The second kappa shape index (κ2) is 4.61. The second-order valence-corrected chi connectivity index (χ2v) is 3.29. The number of pyridine rings is 1. The summed E-state index contributed by atoms with van der Waals surface area (Å²) in [6, 6.07) is 0.781. The summed E-state index contributed by atoms with van der Waals surface area (Å²) in [7, 11) is 1.05. The molecule has 0 aliphatic carbocycles. The van der Waals surface area contributed by atoms with Gasteiger partial charge in [-0.1, -0.05) is 0 Å². The highest BCUT2D eigenvalue weighted by molar-refractivity contribution is 9.10. The zero-order valence-electron chi connectivity index (χ0n) is 7.43. The number of hydrogen-bond donors (Lipinski definition) is 0. The fourth-order valence-electron chi connectivity index (χ4n) is 0.885. The van der Waals surface area contributed by atoms with Gasteiger partial charge in [0.2, 0.25) is 5.95 Å². The average Bonchev–Trinajstić information content (AvgIpc) is 2.20. The van der Waals surface area contributed by atoms with E-state index in [2.05, 4.69) is 25.7 Å². The Bertz CT molecular complexity index is 398. The van der Waals surface area contributed by atoms with E-state index in [1.165, 1.54) is 0 Å². The van der Waals surface area contributed by atoms with Crippen LogP contribution in [0.4, 0.5) is 13.2 Å². The molecular formula is C8H5BrF3NO2. The summed E-state index contributed by atoms with van der Waals surface area (Å²) in [5.41, 5.74) is -1.13. The van der Waals surface area contributed by atoms with E-state index < -0.39 is 34.1 Å². The minimum atomic E-state index is -2.90. The van der Waals surface area contributed by atoms with E-state index in [1.54, 1.807) is 0 Å². The van der Waals surface area contributed by atoms with E-state index in [0.29, 0.717) is 0 Å². The van der Waals surface area contributed by atoms with Gasteiger partial charge in [0.15, 0.2) is 5.69 Å². The van der Waals surface area contributed by atoms with Gasteiger partial charge in [-0.2, -0.15) is 4.39 Å². The summed E-state index contributed by atoms with van der Waals surface area (Å²) < 4.78 is 41.5. The van der Waals surface area contributed by atoms with Gasteiger partial charge >= 0.3 is 5.97 Å². The molecule has 0 aliphatic rings. The fourth-order valence-corrected chi connectivity index (χ4v) is 1.26. The quantitative estimate of drug-likeness (QED) is 0.619. The predicted molar refractivity (Wildman–Crippen MR) is 48.2 cm³/mol. The number of aromatic nitrogens is 1. The summed E-state index contributed by atoms with van der Waals surface area (Å²) >= 11 is 2.62. The zero-order chi connectivity index (χ0) is 11.6. The van der Waals surface area contributed by atoms with Crippen molar-refractivity contribution in [3.63, 3.8) is 0 Å². The Kier molecular flexibility index (Phi) is 3.67. The topological polar surface area (TPSA) is 39.2 Å². The van der Waals surface area contributed by atoms with Crippen molar-refractivity contribution in [1.29, 1.82) is 0 Å². The number of nitrogens with zero attached hydrogens (tertiary/aromatic N) is 1. The van der Waals surface area contributed by atoms with Crippen molar-refractivity contribution >= 4 is 21.9 Å². The molecule has 0 aromatic carbocycles. The molecule has 0 radical (unpaired) electrons. The molecular weight excluding hydrogens is 279 g/mol. The summed E-state index contributed by atoms with van der Waals surface area (Å²) in [5, 5.41) is 0. The normalized spacial score (nSPS) is 10.5. The number of carbonyl (C=O) groups excluding carboxylic acids is 1. The molecule has 7 heteroatoms. The maximum absolute atomic E-state index is 13.0. The number of esters is 1. The molecule has 1 heterocycles. The molecule has 82 valence electrons. The average molecular weight is 284 g/mol. The number of hydrogen-bond acceptors (Lipinski definition) is 3. The third-order valence-corrected chi connectivity index (χ3v) is 2.36. The van der Waals surface area contributed by atoms with Gasteiger partial charge in [-0.3, -0.25) is 0 Å². The number of rotatable bonds is 2. The standard InChI is InChI=1S/C8H5BrF3NO2/c1-15-8(14)4-2-3(6(10)11)5(9)7(12)13-4/h2,6H,1H3. The van der Waals surface area contributed by atoms with Crippen LogP contribution in [0.2, 0.25) is 0 Å². The Morgan fingerprint density at radius 2 is 2.20 bits per heavy atom. The first-order chi connectivity index (χ1) is 6.97. The van der Waals surface area contributed by atoms with Crippen LogP contribution < -0.4 is 0 Å². The molecule has 1 aromatic rings. The maximum Gasteiger partial charge on any atom is 0.356 e. The molecule has 0 unspecified atom stereocenters. The predicted octanol–water partition coefficient (Wildman–Crippen LogP) is 2.71. The van der Waals surface area contributed by atoms with Gasteiger partial charge in [0, 0.05) is 5.56 Å². The summed E-state index contributed by atoms with van der Waals surface area (Å²) in [6.07, 6.45) is -2.90. The Morgan fingerprint density at radius 1 is 1.60 bits per heavy atom. The van der Waals surface area contributed by atoms with Gasteiger partial charge in [0.25, 0.3) is 6.43 Å². The van der Waals surface area contributed by atoms with E-state index in [4.69, 9.17) is 0 Å². The molecule has 0 saturated heterocycles. The van der Waals surface area contributed by atoms with Crippen LogP contribution in [0.1, 0.15) is 22.5 Å². The Morgan fingerprint density at radius 3 is 2.67 bits per heavy atom. The number of ether oxygens (including phenoxy) is 1. The van der Waals surface area contributed by atoms with Crippen LogP contribution in [0.3, 0.4) is 0 Å². The molecule has 0 atom stereocenters. The molecule has 15 heavy (non-hydrogen) atoms. The first kappa shape index (κ1) is 12.0. The SMILES string of the molecule is COC(=O)c1cc(C(F)F)c(Br)c(F)n1. The molecule has 0 bridgehead atoms. The molecule has 0 aliphatic heterocycles. The highest BCUT2D eigenvalue weighted by Crippen LogP contribution is 2.29. The van der Waals surface area contributed by atoms with Crippen LogP contribution in [0.25, 0.3) is 0 Å². The van der Waals surface area contributed by atoms with Gasteiger partial charge in [0.1, 0.15) is 0 Å². The Hall–Kier alpha value is -1.11. The van der Waals surface area contributed by atoms with Crippen molar-refractivity contribution in [3.05, 3.63) is 27.7 Å². The first-order valence-corrected chi connectivity index (χ1v) is 4.49. The number of carbonyl (C=O) groups is 1. The van der Waals surface area contributed by atoms with Crippen molar-refractivity contribution in [1.82, 2.24) is 4.98 Å². The molecule has 0 saturated carbocycles. The molecule has 0 spiro atoms. The lowest BCUT2D eigenvalue weighted by atomic mass is 10.2. The van der Waals surface area contributed by atoms with Crippen molar-refractivity contribution in [3.8, 4) is 0 Å². The van der Waals surface area contributed by atoms with Crippen LogP contribution in [0.15, 0.2) is 10.5 Å². The van der Waals surface area contributed by atoms with Crippen LogP contribution in [-0.4, -0.2) is 18.1 Å². The first-order valence-electron chi connectivity index (χ1n) is 3.69. The van der Waals surface area contributed by atoms with Crippen molar-refractivity contribution in [2.24, 2.45) is 0 Å². The number of alkyl halides is 2. The van der Waals surface area contributed by atoms with E-state index in [9.17, 15) is 18.0 Å². The van der Waals surface area contributed by atoms with E-state index >= 15 is 0 Å². The lowest BCUT2D eigenvalue weighted by Crippen LogP contribution is -2.08. The van der Waals surface area contributed by atoms with Gasteiger partial charge in [0.05, 0.1) is 11.6 Å². The van der Waals surface area contributed by atoms with Crippen molar-refractivity contribution in [2.45, 2.75) is 6.43 Å². The van der Waals surface area contributed by atoms with Gasteiger partial charge in [-0.15, -0.1) is 0 Å². The molecule has 1 aromatic heterocycles. The van der Waals surface area contributed by atoms with Crippen LogP contribution in [0.5, 0.6) is 0 Å². The van der Waals surface area contributed by atoms with Gasteiger partial charge < -0.3 is 4.74 Å². The third kappa shape index (κ3) is 2.47. The highest BCUT2D eigenvalue weighted by atomic mass is 79.9. The summed E-state index contributed by atoms with van der Waals surface area (Å²) in [5.74, 6) is -2.14. The molecule has 0 amide bonds. The maximum atomic E-state index is 13.0. The van der Waals surface area contributed by atoms with Gasteiger partial charge in [-0.25, -0.2) is 18.6 Å². The number of halogens is 4. The Balaban J connectivity index is 3.29. The van der Waals surface area contributed by atoms with Crippen LogP contribution in [-0.2, 0) is 4.74 Å². The van der Waals surface area contributed by atoms with Crippen molar-refractivity contribution < 1.29 is 22.7 Å². The second-order valence-electron chi connectivity index (χ2n) is 2.49. The lowest BCUT2D eigenvalue weighted by molar-refractivity contribution is 0.0591. The summed E-state index contributed by atoms with van der Waals surface area (Å²) in [6.45, 7) is 0. The summed E-state index contributed by atoms with van der Waals surface area (Å²) in [4.78, 5) is 14.1. The highest BCUT2D eigenvalue weighted by Gasteiger charge is 2.20. The molecule has 3 nitrogen and oxygen atoms in total. The number of methoxy groups -OCH3 is 1. The fraction of sp³-hybridized carbons (Fsp3) is 0.250. The molecule has 0 fully saturated rings. The van der Waals surface area contributed by atoms with E-state index in [0.717, 1.165) is 13.2 Å². The smallest absolute Gasteiger partial charge is 0.356 e. The third-order valence-electron chi connectivity index (χ3n) is 1.58. The lowest BCUT2D eigenvalue weighted by Gasteiger charge is -2.06. The minimum Gasteiger partial charge on any atom is -0.464 e. The van der Waals surface area contributed by atoms with Crippen LogP contribution in [0, 0.1) is 5.95 Å². The zero-order valence-corrected chi connectivity index (χ0v) is 9.02. The minimum absolute atomic E-state index is 0.454. The molecule has 0 N–H and O–H groups in total. The Labute approximate surface area is 91.4 Å². The largest absolute Gasteiger partial charge is 0.464 e. The van der Waals surface area contributed by atoms with Crippen molar-refractivity contribution in [2.75, 3.05) is 7.11 Å². The van der Waals surface area contributed by atoms with Crippen LogP contribution >= 0.6 is 15.9 Å². The van der Waals surface area contributed by atoms with E-state index in [-0.39, 0.29) is 0 Å². The van der Waals surface area contributed by atoms with E-state index in [1.807, 2.05) is 0 Å². The monoisotopic (exact) mass is 283 g/mol.